The van der Waals surface area contributed by atoms with Gasteiger partial charge >= 0.3 is 0 Å². The van der Waals surface area contributed by atoms with Crippen LogP contribution in [0.5, 0.6) is 5.75 Å². The van der Waals surface area contributed by atoms with Crippen molar-refractivity contribution in [2.24, 2.45) is 11.7 Å². The summed E-state index contributed by atoms with van der Waals surface area (Å²) in [6, 6.07) is 6.50. The van der Waals surface area contributed by atoms with Crippen LogP contribution < -0.4 is 10.5 Å². The van der Waals surface area contributed by atoms with Crippen molar-refractivity contribution in [2.75, 3.05) is 7.11 Å². The van der Waals surface area contributed by atoms with Crippen molar-refractivity contribution >= 4 is 0 Å². The van der Waals surface area contributed by atoms with Crippen LogP contribution in [0.25, 0.3) is 0 Å². The van der Waals surface area contributed by atoms with E-state index in [1.165, 1.54) is 11.1 Å². The summed E-state index contributed by atoms with van der Waals surface area (Å²) in [5.74, 6) is 2.12. The molecule has 3 atom stereocenters. The van der Waals surface area contributed by atoms with Crippen LogP contribution in [0.4, 0.5) is 0 Å². The molecule has 2 heteroatoms. The first-order chi connectivity index (χ1) is 7.15. The number of hydrogen-bond acceptors (Lipinski definition) is 2. The molecule has 82 valence electrons. The van der Waals surface area contributed by atoms with Gasteiger partial charge in [-0.2, -0.15) is 0 Å². The highest BCUT2D eigenvalue weighted by molar-refractivity contribution is 5.46. The molecule has 0 amide bonds. The summed E-state index contributed by atoms with van der Waals surface area (Å²) in [5, 5.41) is 0. The molecule has 2 nitrogen and oxygen atoms in total. The van der Waals surface area contributed by atoms with Gasteiger partial charge in [0.25, 0.3) is 0 Å². The average Bonchev–Trinajstić information content (AvgIpc) is 2.53. The van der Waals surface area contributed by atoms with Crippen LogP contribution in [0.1, 0.15) is 30.9 Å². The van der Waals surface area contributed by atoms with E-state index in [1.54, 1.807) is 7.11 Å². The lowest BCUT2D eigenvalue weighted by Gasteiger charge is -2.20. The van der Waals surface area contributed by atoms with Gasteiger partial charge in [-0.25, -0.2) is 0 Å². The third-order valence-electron chi connectivity index (χ3n) is 3.45. The highest BCUT2D eigenvalue weighted by Crippen LogP contribution is 2.42. The molecule has 0 radical (unpaired) electrons. The topological polar surface area (TPSA) is 35.2 Å². The molecule has 0 aromatic heterocycles. The summed E-state index contributed by atoms with van der Waals surface area (Å²) < 4.78 is 5.39. The van der Waals surface area contributed by atoms with Crippen LogP contribution in [-0.2, 0) is 6.42 Å². The van der Waals surface area contributed by atoms with E-state index >= 15 is 0 Å². The monoisotopic (exact) mass is 205 g/mol. The zero-order valence-electron chi connectivity index (χ0n) is 9.66. The molecule has 0 saturated heterocycles. The standard InChI is InChI=1S/C13H19NO/c1-8-7-11-10(13(8)9(2)14)5-4-6-12(11)15-3/h4-6,8-9,13H,7,14H2,1-3H3. The minimum atomic E-state index is 0.216. The Hall–Kier alpha value is -1.02. The van der Waals surface area contributed by atoms with Crippen molar-refractivity contribution in [3.8, 4) is 5.75 Å². The van der Waals surface area contributed by atoms with Crippen molar-refractivity contribution < 1.29 is 4.74 Å². The van der Waals surface area contributed by atoms with Crippen molar-refractivity contribution in [1.29, 1.82) is 0 Å². The Bertz CT molecular complexity index is 360. The molecule has 1 aliphatic rings. The van der Waals surface area contributed by atoms with Gasteiger partial charge in [0.05, 0.1) is 7.11 Å². The van der Waals surface area contributed by atoms with Gasteiger partial charge < -0.3 is 10.5 Å². The first-order valence-electron chi connectivity index (χ1n) is 5.56. The molecular weight excluding hydrogens is 186 g/mol. The van der Waals surface area contributed by atoms with Crippen LogP contribution in [0.3, 0.4) is 0 Å². The number of ether oxygens (including phenoxy) is 1. The first-order valence-corrected chi connectivity index (χ1v) is 5.56. The molecule has 1 aliphatic carbocycles. The number of fused-ring (bicyclic) bond motifs is 1. The van der Waals surface area contributed by atoms with Gasteiger partial charge in [-0.05, 0) is 36.5 Å². The Labute approximate surface area is 91.4 Å². The summed E-state index contributed by atoms with van der Waals surface area (Å²) in [6.45, 7) is 4.36. The summed E-state index contributed by atoms with van der Waals surface area (Å²) in [7, 11) is 1.74. The lowest BCUT2D eigenvalue weighted by Crippen LogP contribution is -2.26. The van der Waals surface area contributed by atoms with Gasteiger partial charge in [0.1, 0.15) is 5.75 Å². The zero-order valence-corrected chi connectivity index (χ0v) is 9.66. The predicted octanol–water partition coefficient (Wildman–Crippen LogP) is 2.32. The minimum Gasteiger partial charge on any atom is -0.496 e. The largest absolute Gasteiger partial charge is 0.496 e. The molecule has 15 heavy (non-hydrogen) atoms. The second-order valence-electron chi connectivity index (χ2n) is 4.59. The first kappa shape index (κ1) is 10.5. The highest BCUT2D eigenvalue weighted by atomic mass is 16.5. The quantitative estimate of drug-likeness (QED) is 0.804. The van der Waals surface area contributed by atoms with Gasteiger partial charge in [-0.15, -0.1) is 0 Å². The Morgan fingerprint density at radius 1 is 1.47 bits per heavy atom. The Morgan fingerprint density at radius 3 is 2.80 bits per heavy atom. The Kier molecular flexibility index (Phi) is 2.70. The fourth-order valence-electron chi connectivity index (χ4n) is 2.86. The van der Waals surface area contributed by atoms with Crippen LogP contribution in [0, 0.1) is 5.92 Å². The summed E-state index contributed by atoms with van der Waals surface area (Å²) in [5.41, 5.74) is 8.80. The molecule has 0 spiro atoms. The number of hydrogen-bond donors (Lipinski definition) is 1. The smallest absolute Gasteiger partial charge is 0.122 e. The maximum absolute atomic E-state index is 6.05. The maximum Gasteiger partial charge on any atom is 0.122 e. The molecule has 1 aromatic rings. The third-order valence-corrected chi connectivity index (χ3v) is 3.45. The third kappa shape index (κ3) is 1.63. The molecule has 0 aliphatic heterocycles. The van der Waals surface area contributed by atoms with Crippen molar-refractivity contribution in [3.05, 3.63) is 29.3 Å². The van der Waals surface area contributed by atoms with Crippen molar-refractivity contribution in [3.63, 3.8) is 0 Å². The van der Waals surface area contributed by atoms with Crippen molar-refractivity contribution in [1.82, 2.24) is 0 Å². The molecule has 2 N–H and O–H groups in total. The summed E-state index contributed by atoms with van der Waals surface area (Å²) >= 11 is 0. The molecule has 2 rings (SSSR count). The normalized spacial score (nSPS) is 26.1. The Balaban J connectivity index is 2.46. The summed E-state index contributed by atoms with van der Waals surface area (Å²) in [6.07, 6.45) is 1.09. The SMILES string of the molecule is COc1cccc2c1CC(C)C2C(C)N. The molecule has 0 saturated carbocycles. The lowest BCUT2D eigenvalue weighted by atomic mass is 9.88. The number of benzene rings is 1. The fourth-order valence-corrected chi connectivity index (χ4v) is 2.86. The van der Waals surface area contributed by atoms with E-state index in [0.717, 1.165) is 12.2 Å². The molecular formula is C13H19NO. The molecule has 0 bridgehead atoms. The van der Waals surface area contributed by atoms with Gasteiger partial charge in [0.2, 0.25) is 0 Å². The molecule has 3 unspecified atom stereocenters. The van der Waals surface area contributed by atoms with E-state index in [2.05, 4.69) is 26.0 Å². The van der Waals surface area contributed by atoms with Gasteiger partial charge in [0, 0.05) is 12.0 Å². The van der Waals surface area contributed by atoms with E-state index in [-0.39, 0.29) is 6.04 Å². The zero-order chi connectivity index (χ0) is 11.0. The molecule has 1 aromatic carbocycles. The van der Waals surface area contributed by atoms with Gasteiger partial charge in [-0.3, -0.25) is 0 Å². The summed E-state index contributed by atoms with van der Waals surface area (Å²) in [4.78, 5) is 0. The van der Waals surface area contributed by atoms with Crippen molar-refractivity contribution in [2.45, 2.75) is 32.2 Å². The van der Waals surface area contributed by atoms with E-state index in [4.69, 9.17) is 10.5 Å². The van der Waals surface area contributed by atoms with Gasteiger partial charge in [0.15, 0.2) is 0 Å². The van der Waals surface area contributed by atoms with E-state index in [9.17, 15) is 0 Å². The highest BCUT2D eigenvalue weighted by Gasteiger charge is 2.33. The average molecular weight is 205 g/mol. The Morgan fingerprint density at radius 2 is 2.20 bits per heavy atom. The minimum absolute atomic E-state index is 0.216. The van der Waals surface area contributed by atoms with Crippen LogP contribution in [-0.4, -0.2) is 13.2 Å². The molecule has 0 fully saturated rings. The maximum atomic E-state index is 6.05. The van der Waals surface area contributed by atoms with Gasteiger partial charge in [-0.1, -0.05) is 19.1 Å². The second-order valence-corrected chi connectivity index (χ2v) is 4.59. The number of rotatable bonds is 2. The van der Waals surface area contributed by atoms with Crippen LogP contribution in [0.2, 0.25) is 0 Å². The lowest BCUT2D eigenvalue weighted by molar-refractivity contribution is 0.407. The predicted molar refractivity (Wildman–Crippen MR) is 62.3 cm³/mol. The fraction of sp³-hybridized carbons (Fsp3) is 0.538. The molecule has 0 heterocycles. The van der Waals surface area contributed by atoms with E-state index in [0.29, 0.717) is 11.8 Å². The second kappa shape index (κ2) is 3.86. The van der Waals surface area contributed by atoms with E-state index in [1.807, 2.05) is 6.07 Å². The number of nitrogens with two attached hydrogens (primary N) is 1. The van der Waals surface area contributed by atoms with E-state index < -0.39 is 0 Å². The number of methoxy groups -OCH3 is 1. The van der Waals surface area contributed by atoms with Crippen LogP contribution in [0.15, 0.2) is 18.2 Å². The van der Waals surface area contributed by atoms with Crippen LogP contribution >= 0.6 is 0 Å².